The van der Waals surface area contributed by atoms with Crippen molar-refractivity contribution in [2.45, 2.75) is 12.5 Å². The minimum atomic E-state index is -1.12. The van der Waals surface area contributed by atoms with Gasteiger partial charge in [0.25, 0.3) is 0 Å². The molecule has 1 aromatic heterocycles. The Hall–Kier alpha value is -2.63. The maximum atomic E-state index is 12.9. The Kier molecular flexibility index (Phi) is 4.14. The van der Waals surface area contributed by atoms with Crippen LogP contribution in [-0.2, 0) is 0 Å². The zero-order chi connectivity index (χ0) is 14.5. The van der Waals surface area contributed by atoms with Gasteiger partial charge in [0.15, 0.2) is 0 Å². The summed E-state index contributed by atoms with van der Waals surface area (Å²) in [4.78, 5) is 10.8. The van der Waals surface area contributed by atoms with Crippen molar-refractivity contribution in [2.24, 2.45) is 0 Å². The lowest BCUT2D eigenvalue weighted by atomic mass is 10.1. The molecule has 0 aliphatic heterocycles. The number of aromatic nitrogens is 2. The second kappa shape index (κ2) is 6.01. The Bertz CT molecular complexity index is 607. The Balaban J connectivity index is 2.23. The molecular weight excluding hydrogens is 261 g/mol. The van der Waals surface area contributed by atoms with Gasteiger partial charge in [-0.15, -0.1) is 6.58 Å². The molecule has 0 bridgehead atoms. The van der Waals surface area contributed by atoms with E-state index < -0.39 is 12.1 Å². The normalized spacial score (nSPS) is 11.8. The summed E-state index contributed by atoms with van der Waals surface area (Å²) in [6, 6.07) is 7.14. The number of benzene rings is 1. The van der Waals surface area contributed by atoms with Gasteiger partial charge in [-0.1, -0.05) is 6.08 Å². The van der Waals surface area contributed by atoms with Gasteiger partial charge < -0.3 is 10.4 Å². The van der Waals surface area contributed by atoms with Crippen LogP contribution in [0.3, 0.4) is 0 Å². The highest BCUT2D eigenvalue weighted by atomic mass is 19.1. The van der Waals surface area contributed by atoms with Crippen LogP contribution < -0.4 is 5.32 Å². The van der Waals surface area contributed by atoms with Crippen LogP contribution in [0.2, 0.25) is 0 Å². The van der Waals surface area contributed by atoms with Gasteiger partial charge in [-0.05, 0) is 36.8 Å². The fourth-order valence-electron chi connectivity index (χ4n) is 1.83. The van der Waals surface area contributed by atoms with E-state index >= 15 is 0 Å². The fourth-order valence-corrected chi connectivity index (χ4v) is 1.83. The molecule has 1 amide bonds. The third-order valence-corrected chi connectivity index (χ3v) is 2.76. The summed E-state index contributed by atoms with van der Waals surface area (Å²) in [6.45, 7) is 3.60. The number of nitrogens with one attached hydrogen (secondary N) is 1. The number of hydrogen-bond acceptors (Lipinski definition) is 2. The summed E-state index contributed by atoms with van der Waals surface area (Å²) in [7, 11) is 0. The Morgan fingerprint density at radius 2 is 2.15 bits per heavy atom. The average molecular weight is 275 g/mol. The average Bonchev–Trinajstić information content (AvgIpc) is 2.88. The van der Waals surface area contributed by atoms with Crippen molar-refractivity contribution < 1.29 is 14.3 Å². The van der Waals surface area contributed by atoms with Crippen LogP contribution in [0.25, 0.3) is 5.69 Å². The first kappa shape index (κ1) is 13.8. The fraction of sp³-hybridized carbons (Fsp3) is 0.143. The minimum Gasteiger partial charge on any atom is -0.465 e. The summed E-state index contributed by atoms with van der Waals surface area (Å²) in [5.41, 5.74) is 1.28. The molecule has 1 aromatic carbocycles. The van der Waals surface area contributed by atoms with Gasteiger partial charge in [-0.2, -0.15) is 5.10 Å². The molecule has 104 valence electrons. The first-order valence-electron chi connectivity index (χ1n) is 6.02. The summed E-state index contributed by atoms with van der Waals surface area (Å²) < 4.78 is 14.4. The number of nitrogens with zero attached hydrogens (tertiary/aromatic N) is 2. The molecule has 0 spiro atoms. The van der Waals surface area contributed by atoms with Gasteiger partial charge in [0.2, 0.25) is 0 Å². The summed E-state index contributed by atoms with van der Waals surface area (Å²) in [6.07, 6.45) is 2.64. The number of carboxylic acid groups (broad SMARTS) is 1. The maximum Gasteiger partial charge on any atom is 0.405 e. The molecule has 1 unspecified atom stereocenters. The molecule has 2 aromatic rings. The number of amides is 1. The van der Waals surface area contributed by atoms with Crippen molar-refractivity contribution in [1.29, 1.82) is 0 Å². The molecule has 0 fully saturated rings. The first-order valence-corrected chi connectivity index (χ1v) is 6.02. The Morgan fingerprint density at radius 3 is 2.75 bits per heavy atom. The second-order valence-electron chi connectivity index (χ2n) is 4.19. The van der Waals surface area contributed by atoms with Crippen LogP contribution >= 0.6 is 0 Å². The molecule has 0 aliphatic carbocycles. The predicted molar refractivity (Wildman–Crippen MR) is 72.2 cm³/mol. The maximum absolute atomic E-state index is 12.9. The van der Waals surface area contributed by atoms with Crippen molar-refractivity contribution in [3.05, 3.63) is 60.7 Å². The highest BCUT2D eigenvalue weighted by Gasteiger charge is 2.15. The van der Waals surface area contributed by atoms with Gasteiger partial charge >= 0.3 is 6.09 Å². The van der Waals surface area contributed by atoms with Crippen LogP contribution in [0.4, 0.5) is 9.18 Å². The van der Waals surface area contributed by atoms with Crippen LogP contribution in [0.1, 0.15) is 18.2 Å². The monoisotopic (exact) mass is 275 g/mol. The van der Waals surface area contributed by atoms with E-state index in [-0.39, 0.29) is 5.82 Å². The summed E-state index contributed by atoms with van der Waals surface area (Å²) >= 11 is 0. The number of rotatable bonds is 5. The van der Waals surface area contributed by atoms with E-state index in [9.17, 15) is 9.18 Å². The Labute approximate surface area is 115 Å². The van der Waals surface area contributed by atoms with Gasteiger partial charge in [0.05, 0.1) is 17.4 Å². The van der Waals surface area contributed by atoms with Crippen LogP contribution in [0.15, 0.2) is 49.2 Å². The minimum absolute atomic E-state index is 0.321. The van der Waals surface area contributed by atoms with Crippen molar-refractivity contribution in [1.82, 2.24) is 15.1 Å². The standard InChI is InChI=1S/C14H14FN3O2/c1-2-3-12(16-14(19)20)13-8-9-18(17-13)11-6-4-10(15)5-7-11/h2,4-9,12,16H,1,3H2,(H,19,20). The topological polar surface area (TPSA) is 67.2 Å². The molecular formula is C14H14FN3O2. The van der Waals surface area contributed by atoms with Crippen LogP contribution in [-0.4, -0.2) is 21.0 Å². The van der Waals surface area contributed by atoms with E-state index in [1.807, 2.05) is 0 Å². The quantitative estimate of drug-likeness (QED) is 0.824. The zero-order valence-electron chi connectivity index (χ0n) is 10.7. The van der Waals surface area contributed by atoms with E-state index in [0.29, 0.717) is 17.8 Å². The lowest BCUT2D eigenvalue weighted by molar-refractivity contribution is 0.189. The summed E-state index contributed by atoms with van der Waals surface area (Å²) in [5, 5.41) is 15.5. The lowest BCUT2D eigenvalue weighted by Crippen LogP contribution is -2.26. The predicted octanol–water partition coefficient (Wildman–Crippen LogP) is 2.90. The van der Waals surface area contributed by atoms with E-state index in [4.69, 9.17) is 5.11 Å². The molecule has 6 heteroatoms. The third-order valence-electron chi connectivity index (χ3n) is 2.76. The molecule has 2 N–H and O–H groups in total. The molecule has 20 heavy (non-hydrogen) atoms. The Morgan fingerprint density at radius 1 is 1.45 bits per heavy atom. The highest BCUT2D eigenvalue weighted by Crippen LogP contribution is 2.17. The molecule has 1 heterocycles. The molecule has 0 saturated carbocycles. The lowest BCUT2D eigenvalue weighted by Gasteiger charge is -2.12. The summed E-state index contributed by atoms with van der Waals surface area (Å²) in [5.74, 6) is -0.321. The van der Waals surface area contributed by atoms with Crippen molar-refractivity contribution in [3.8, 4) is 5.69 Å². The van der Waals surface area contributed by atoms with Crippen LogP contribution in [0.5, 0.6) is 0 Å². The van der Waals surface area contributed by atoms with Gasteiger partial charge in [0, 0.05) is 6.20 Å². The third kappa shape index (κ3) is 3.23. The molecule has 0 saturated heterocycles. The van der Waals surface area contributed by atoms with E-state index in [1.54, 1.807) is 35.2 Å². The largest absolute Gasteiger partial charge is 0.465 e. The highest BCUT2D eigenvalue weighted by molar-refractivity contribution is 5.65. The van der Waals surface area contributed by atoms with Crippen molar-refractivity contribution in [2.75, 3.05) is 0 Å². The first-order chi connectivity index (χ1) is 9.60. The molecule has 5 nitrogen and oxygen atoms in total. The van der Waals surface area contributed by atoms with Crippen molar-refractivity contribution >= 4 is 6.09 Å². The molecule has 0 radical (unpaired) electrons. The number of hydrogen-bond donors (Lipinski definition) is 2. The molecule has 0 aliphatic rings. The van der Waals surface area contributed by atoms with E-state index in [2.05, 4.69) is 17.0 Å². The van der Waals surface area contributed by atoms with Crippen LogP contribution in [0, 0.1) is 5.82 Å². The number of carbonyl (C=O) groups is 1. The van der Waals surface area contributed by atoms with E-state index in [0.717, 1.165) is 0 Å². The molecule has 2 rings (SSSR count). The smallest absolute Gasteiger partial charge is 0.405 e. The van der Waals surface area contributed by atoms with Crippen molar-refractivity contribution in [3.63, 3.8) is 0 Å². The molecule has 1 atom stereocenters. The number of halogens is 1. The SMILES string of the molecule is C=CCC(NC(=O)O)c1ccn(-c2ccc(F)cc2)n1. The second-order valence-corrected chi connectivity index (χ2v) is 4.19. The zero-order valence-corrected chi connectivity index (χ0v) is 10.7. The van der Waals surface area contributed by atoms with E-state index in [1.165, 1.54) is 12.1 Å². The van der Waals surface area contributed by atoms with Gasteiger partial charge in [-0.25, -0.2) is 13.9 Å². The van der Waals surface area contributed by atoms with Gasteiger partial charge in [-0.3, -0.25) is 0 Å². The van der Waals surface area contributed by atoms with Gasteiger partial charge in [0.1, 0.15) is 5.82 Å².